The summed E-state index contributed by atoms with van der Waals surface area (Å²) in [5.74, 6) is -0.836. The molecular formula is C18H8Cl3NO2. The molecule has 3 aromatic rings. The first-order valence-electron chi connectivity index (χ1n) is 7.04. The van der Waals surface area contributed by atoms with E-state index in [2.05, 4.69) is 0 Å². The summed E-state index contributed by atoms with van der Waals surface area (Å²) in [6.45, 7) is 0. The third-order valence-corrected chi connectivity index (χ3v) is 5.08. The monoisotopic (exact) mass is 375 g/mol. The Balaban J connectivity index is 1.98. The number of rotatable bonds is 1. The van der Waals surface area contributed by atoms with Gasteiger partial charge in [0.15, 0.2) is 0 Å². The van der Waals surface area contributed by atoms with Crippen molar-refractivity contribution in [3.8, 4) is 0 Å². The molecule has 0 saturated heterocycles. The highest BCUT2D eigenvalue weighted by molar-refractivity contribution is 6.43. The molecule has 0 radical (unpaired) electrons. The van der Waals surface area contributed by atoms with Gasteiger partial charge in [-0.1, -0.05) is 46.9 Å². The van der Waals surface area contributed by atoms with Crippen LogP contribution in [0.2, 0.25) is 15.1 Å². The summed E-state index contributed by atoms with van der Waals surface area (Å²) in [6.07, 6.45) is 0. The molecule has 0 spiro atoms. The fourth-order valence-electron chi connectivity index (χ4n) is 2.92. The average Bonchev–Trinajstić information content (AvgIpc) is 2.57. The van der Waals surface area contributed by atoms with E-state index in [1.165, 1.54) is 6.07 Å². The number of halogens is 3. The third kappa shape index (κ3) is 2.13. The maximum absolute atomic E-state index is 12.9. The zero-order chi connectivity index (χ0) is 17.0. The molecule has 3 aromatic carbocycles. The van der Waals surface area contributed by atoms with Crippen LogP contribution in [0.3, 0.4) is 0 Å². The SMILES string of the molecule is O=C1c2cccc3c(Cl)ccc(c23)C(=O)N1c1ccc(Cl)c(Cl)c1. The van der Waals surface area contributed by atoms with E-state index < -0.39 is 11.8 Å². The van der Waals surface area contributed by atoms with E-state index in [-0.39, 0.29) is 5.02 Å². The first-order chi connectivity index (χ1) is 11.5. The van der Waals surface area contributed by atoms with E-state index in [0.717, 1.165) is 4.90 Å². The normalized spacial score (nSPS) is 13.7. The number of hydrogen-bond donors (Lipinski definition) is 0. The van der Waals surface area contributed by atoms with E-state index in [0.29, 0.717) is 37.6 Å². The molecule has 0 saturated carbocycles. The first kappa shape index (κ1) is 15.5. The number of nitrogens with zero attached hydrogens (tertiary/aromatic N) is 1. The Morgan fingerprint density at radius 1 is 0.708 bits per heavy atom. The maximum Gasteiger partial charge on any atom is 0.265 e. The average molecular weight is 377 g/mol. The van der Waals surface area contributed by atoms with Gasteiger partial charge in [-0.3, -0.25) is 9.59 Å². The van der Waals surface area contributed by atoms with Crippen molar-refractivity contribution in [3.63, 3.8) is 0 Å². The van der Waals surface area contributed by atoms with Gasteiger partial charge >= 0.3 is 0 Å². The zero-order valence-electron chi connectivity index (χ0n) is 12.0. The Labute approximate surface area is 152 Å². The van der Waals surface area contributed by atoms with Crippen molar-refractivity contribution < 1.29 is 9.59 Å². The van der Waals surface area contributed by atoms with E-state index in [1.54, 1.807) is 42.5 Å². The first-order valence-corrected chi connectivity index (χ1v) is 8.17. The van der Waals surface area contributed by atoms with Gasteiger partial charge < -0.3 is 0 Å². The van der Waals surface area contributed by atoms with Crippen molar-refractivity contribution in [1.82, 2.24) is 0 Å². The van der Waals surface area contributed by atoms with Crippen LogP contribution in [0.1, 0.15) is 20.7 Å². The number of carbonyl (C=O) groups is 2. The van der Waals surface area contributed by atoms with Crippen LogP contribution in [0.4, 0.5) is 5.69 Å². The van der Waals surface area contributed by atoms with Crippen LogP contribution in [0.25, 0.3) is 10.8 Å². The molecule has 0 unspecified atom stereocenters. The van der Waals surface area contributed by atoms with Crippen molar-refractivity contribution in [1.29, 1.82) is 0 Å². The molecule has 0 atom stereocenters. The lowest BCUT2D eigenvalue weighted by Crippen LogP contribution is -2.40. The van der Waals surface area contributed by atoms with Crippen LogP contribution in [-0.2, 0) is 0 Å². The van der Waals surface area contributed by atoms with Crippen LogP contribution >= 0.6 is 34.8 Å². The Hall–Kier alpha value is -2.07. The largest absolute Gasteiger partial charge is 0.268 e. The van der Waals surface area contributed by atoms with Crippen molar-refractivity contribution in [2.45, 2.75) is 0 Å². The van der Waals surface area contributed by atoms with Gasteiger partial charge in [-0.2, -0.15) is 0 Å². The van der Waals surface area contributed by atoms with Crippen LogP contribution in [0, 0.1) is 0 Å². The predicted octanol–water partition coefficient (Wildman–Crippen LogP) is 5.60. The van der Waals surface area contributed by atoms with Crippen molar-refractivity contribution in [2.24, 2.45) is 0 Å². The summed E-state index contributed by atoms with van der Waals surface area (Å²) in [7, 11) is 0. The molecule has 1 aliphatic rings. The van der Waals surface area contributed by atoms with E-state index >= 15 is 0 Å². The molecule has 6 heteroatoms. The summed E-state index contributed by atoms with van der Waals surface area (Å²) in [5, 5.41) is 2.39. The molecule has 0 bridgehead atoms. The molecule has 4 rings (SSSR count). The Bertz CT molecular complexity index is 1020. The molecule has 1 aliphatic heterocycles. The minimum atomic E-state index is -0.418. The summed E-state index contributed by atoms with van der Waals surface area (Å²) >= 11 is 18.2. The van der Waals surface area contributed by atoms with Gasteiger partial charge in [0, 0.05) is 26.9 Å². The molecule has 0 aliphatic carbocycles. The molecular weight excluding hydrogens is 369 g/mol. The fourth-order valence-corrected chi connectivity index (χ4v) is 3.43. The number of hydrogen-bond acceptors (Lipinski definition) is 2. The standard InChI is InChI=1S/C18H8Cl3NO2/c19-13-7-5-12-16-10(13)2-1-3-11(16)17(23)22(18(12)24)9-4-6-14(20)15(21)8-9/h1-8H. The number of benzene rings is 3. The van der Waals surface area contributed by atoms with Crippen molar-refractivity contribution in [3.05, 3.63) is 74.7 Å². The molecule has 0 aromatic heterocycles. The van der Waals surface area contributed by atoms with Gasteiger partial charge in [-0.05, 0) is 36.4 Å². The highest BCUT2D eigenvalue weighted by Crippen LogP contribution is 2.37. The minimum absolute atomic E-state index is 0.273. The lowest BCUT2D eigenvalue weighted by molar-refractivity contribution is 0.0893. The van der Waals surface area contributed by atoms with Crippen LogP contribution < -0.4 is 4.90 Å². The molecule has 0 fully saturated rings. The zero-order valence-corrected chi connectivity index (χ0v) is 14.3. The second-order valence-electron chi connectivity index (χ2n) is 5.37. The third-order valence-electron chi connectivity index (χ3n) is 4.02. The van der Waals surface area contributed by atoms with Gasteiger partial charge in [-0.25, -0.2) is 4.90 Å². The quantitative estimate of drug-likeness (QED) is 0.518. The van der Waals surface area contributed by atoms with E-state index in [4.69, 9.17) is 34.8 Å². The second-order valence-corrected chi connectivity index (χ2v) is 6.59. The molecule has 0 N–H and O–H groups in total. The van der Waals surface area contributed by atoms with E-state index in [9.17, 15) is 9.59 Å². The van der Waals surface area contributed by atoms with Crippen molar-refractivity contribution >= 4 is 63.1 Å². The van der Waals surface area contributed by atoms with Crippen molar-refractivity contribution in [2.75, 3.05) is 4.90 Å². The highest BCUT2D eigenvalue weighted by Gasteiger charge is 2.34. The number of amides is 2. The van der Waals surface area contributed by atoms with Gasteiger partial charge in [0.25, 0.3) is 11.8 Å². The van der Waals surface area contributed by atoms with Crippen LogP contribution in [0.15, 0.2) is 48.5 Å². The summed E-state index contributed by atoms with van der Waals surface area (Å²) < 4.78 is 0. The maximum atomic E-state index is 12.9. The lowest BCUT2D eigenvalue weighted by atomic mass is 9.93. The Kier molecular flexibility index (Phi) is 3.53. The lowest BCUT2D eigenvalue weighted by Gasteiger charge is -2.27. The summed E-state index contributed by atoms with van der Waals surface area (Å²) in [4.78, 5) is 26.9. The summed E-state index contributed by atoms with van der Waals surface area (Å²) in [6, 6.07) is 13.1. The Morgan fingerprint density at radius 2 is 1.38 bits per heavy atom. The fraction of sp³-hybridized carbons (Fsp3) is 0. The summed E-state index contributed by atoms with van der Waals surface area (Å²) in [5.41, 5.74) is 1.23. The highest BCUT2D eigenvalue weighted by atomic mass is 35.5. The van der Waals surface area contributed by atoms with E-state index in [1.807, 2.05) is 0 Å². The number of imide groups is 1. The van der Waals surface area contributed by atoms with Gasteiger partial charge in [0.2, 0.25) is 0 Å². The minimum Gasteiger partial charge on any atom is -0.268 e. The van der Waals surface area contributed by atoms with Gasteiger partial charge in [0.05, 0.1) is 15.7 Å². The molecule has 2 amide bonds. The topological polar surface area (TPSA) is 37.4 Å². The molecule has 1 heterocycles. The van der Waals surface area contributed by atoms with Crippen LogP contribution in [0.5, 0.6) is 0 Å². The van der Waals surface area contributed by atoms with Crippen LogP contribution in [-0.4, -0.2) is 11.8 Å². The number of carbonyl (C=O) groups excluding carboxylic acids is 2. The second kappa shape index (κ2) is 5.49. The molecule has 118 valence electrons. The van der Waals surface area contributed by atoms with Gasteiger partial charge in [0.1, 0.15) is 0 Å². The smallest absolute Gasteiger partial charge is 0.265 e. The Morgan fingerprint density at radius 3 is 2.08 bits per heavy atom. The molecule has 3 nitrogen and oxygen atoms in total. The molecule has 24 heavy (non-hydrogen) atoms. The predicted molar refractivity (Wildman–Crippen MR) is 96.6 cm³/mol. The van der Waals surface area contributed by atoms with Gasteiger partial charge in [-0.15, -0.1) is 0 Å². The number of anilines is 1.